The predicted molar refractivity (Wildman–Crippen MR) is 116 cm³/mol. The molecule has 4 rings (SSSR count). The first-order valence-electron chi connectivity index (χ1n) is 9.92. The molecule has 3 aromatic rings. The van der Waals surface area contributed by atoms with E-state index >= 15 is 0 Å². The van der Waals surface area contributed by atoms with Crippen molar-refractivity contribution in [3.63, 3.8) is 0 Å². The maximum absolute atomic E-state index is 12.5. The number of aryl methyl sites for hydroxylation is 1. The molecule has 0 aliphatic heterocycles. The Morgan fingerprint density at radius 3 is 2.33 bits per heavy atom. The summed E-state index contributed by atoms with van der Waals surface area (Å²) < 4.78 is 11.9. The molecule has 2 aromatic carbocycles. The highest BCUT2D eigenvalue weighted by Gasteiger charge is 2.39. The molecule has 0 radical (unpaired) electrons. The number of anilines is 1. The lowest BCUT2D eigenvalue weighted by Crippen LogP contribution is -2.44. The molecule has 0 spiro atoms. The third kappa shape index (κ3) is 4.88. The summed E-state index contributed by atoms with van der Waals surface area (Å²) in [6.07, 6.45) is 3.92. The molecule has 1 saturated carbocycles. The van der Waals surface area contributed by atoms with Gasteiger partial charge in [-0.1, -0.05) is 33.9 Å². The van der Waals surface area contributed by atoms with E-state index in [1.807, 2.05) is 48.5 Å². The number of ether oxygens (including phenoxy) is 1. The summed E-state index contributed by atoms with van der Waals surface area (Å²) in [6, 6.07) is 14.9. The predicted octanol–water partition coefficient (Wildman–Crippen LogP) is 4.93. The van der Waals surface area contributed by atoms with Crippen LogP contribution >= 0.6 is 15.9 Å². The lowest BCUT2D eigenvalue weighted by atomic mass is 9.96. The number of nitrogens with one attached hydrogen (secondary N) is 2. The third-order valence-corrected chi connectivity index (χ3v) is 5.72. The first-order valence-corrected chi connectivity index (χ1v) is 10.7. The van der Waals surface area contributed by atoms with E-state index in [2.05, 4.69) is 36.7 Å². The largest absolute Gasteiger partial charge is 0.457 e. The first kappa shape index (κ1) is 20.6. The second kappa shape index (κ2) is 8.97. The van der Waals surface area contributed by atoms with Gasteiger partial charge in [0.2, 0.25) is 11.8 Å². The third-order valence-electron chi connectivity index (χ3n) is 5.19. The van der Waals surface area contributed by atoms with Crippen molar-refractivity contribution in [2.45, 2.75) is 38.1 Å². The van der Waals surface area contributed by atoms with Crippen molar-refractivity contribution in [3.05, 3.63) is 64.7 Å². The van der Waals surface area contributed by atoms with Gasteiger partial charge in [0.15, 0.2) is 5.82 Å². The molecule has 0 bridgehead atoms. The van der Waals surface area contributed by atoms with Crippen LogP contribution in [0.5, 0.6) is 11.5 Å². The molecule has 2 N–H and O–H groups in total. The van der Waals surface area contributed by atoms with Crippen LogP contribution in [-0.4, -0.2) is 22.6 Å². The summed E-state index contributed by atoms with van der Waals surface area (Å²) in [4.78, 5) is 16.9. The molecule has 1 heterocycles. The number of nitrogens with zero attached hydrogens (tertiary/aromatic N) is 2. The van der Waals surface area contributed by atoms with Gasteiger partial charge in [0.05, 0.1) is 12.1 Å². The Bertz CT molecular complexity index is 996. The highest BCUT2D eigenvalue weighted by molar-refractivity contribution is 9.10. The molecule has 1 aliphatic carbocycles. The summed E-state index contributed by atoms with van der Waals surface area (Å²) in [5.74, 6) is 2.50. The van der Waals surface area contributed by atoms with Gasteiger partial charge in [0.25, 0.3) is 0 Å². The van der Waals surface area contributed by atoms with Crippen LogP contribution in [0.15, 0.2) is 57.5 Å². The quantitative estimate of drug-likeness (QED) is 0.508. The van der Waals surface area contributed by atoms with Crippen LogP contribution in [-0.2, 0) is 10.3 Å². The minimum absolute atomic E-state index is 0.122. The number of benzene rings is 2. The number of carbonyl (C=O) groups excluding carboxylic acids is 1. The van der Waals surface area contributed by atoms with Crippen LogP contribution in [0, 0.1) is 6.92 Å². The Morgan fingerprint density at radius 1 is 1.10 bits per heavy atom. The molecule has 0 unspecified atom stereocenters. The number of amides is 1. The second-order valence-electron chi connectivity index (χ2n) is 7.41. The Morgan fingerprint density at radius 2 is 1.73 bits per heavy atom. The molecule has 7 nitrogen and oxygen atoms in total. The van der Waals surface area contributed by atoms with Crippen molar-refractivity contribution in [2.24, 2.45) is 0 Å². The van der Waals surface area contributed by atoms with Crippen molar-refractivity contribution in [1.82, 2.24) is 15.5 Å². The Balaban J connectivity index is 1.33. The van der Waals surface area contributed by atoms with Gasteiger partial charge in [-0.2, -0.15) is 4.98 Å². The van der Waals surface area contributed by atoms with E-state index in [-0.39, 0.29) is 12.5 Å². The van der Waals surface area contributed by atoms with Gasteiger partial charge in [-0.3, -0.25) is 10.1 Å². The number of aromatic nitrogens is 2. The van der Waals surface area contributed by atoms with E-state index in [4.69, 9.17) is 9.26 Å². The summed E-state index contributed by atoms with van der Waals surface area (Å²) in [7, 11) is 0. The van der Waals surface area contributed by atoms with Crippen molar-refractivity contribution in [1.29, 1.82) is 0 Å². The molecule has 1 amide bonds. The van der Waals surface area contributed by atoms with E-state index in [1.165, 1.54) is 0 Å². The van der Waals surface area contributed by atoms with Crippen LogP contribution in [0.3, 0.4) is 0 Å². The van der Waals surface area contributed by atoms with Crippen LogP contribution < -0.4 is 15.4 Å². The minimum Gasteiger partial charge on any atom is -0.457 e. The zero-order valence-electron chi connectivity index (χ0n) is 16.7. The lowest BCUT2D eigenvalue weighted by molar-refractivity contribution is -0.115. The standard InChI is InChI=1S/C22H23BrN4O3/c1-15-25-21(27-30-15)22(12-2-3-13-22)24-14-20(28)26-17-6-10-19(11-7-17)29-18-8-4-16(23)5-9-18/h4-11,24H,2-3,12-14H2,1H3,(H,26,28). The van der Waals surface area contributed by atoms with Gasteiger partial charge in [-0.25, -0.2) is 0 Å². The van der Waals surface area contributed by atoms with Crippen LogP contribution in [0.2, 0.25) is 0 Å². The monoisotopic (exact) mass is 470 g/mol. The van der Waals surface area contributed by atoms with E-state index < -0.39 is 5.54 Å². The van der Waals surface area contributed by atoms with Crippen LogP contribution in [0.25, 0.3) is 0 Å². The normalized spacial score (nSPS) is 15.1. The average Bonchev–Trinajstić information content (AvgIpc) is 3.40. The molecular formula is C22H23BrN4O3. The maximum Gasteiger partial charge on any atom is 0.238 e. The van der Waals surface area contributed by atoms with Crippen molar-refractivity contribution in [3.8, 4) is 11.5 Å². The zero-order valence-corrected chi connectivity index (χ0v) is 18.2. The van der Waals surface area contributed by atoms with Gasteiger partial charge < -0.3 is 14.6 Å². The van der Waals surface area contributed by atoms with E-state index in [9.17, 15) is 4.79 Å². The topological polar surface area (TPSA) is 89.3 Å². The number of carbonyl (C=O) groups is 1. The SMILES string of the molecule is Cc1nc(C2(NCC(=O)Nc3ccc(Oc4ccc(Br)cc4)cc3)CCCC2)no1. The molecular weight excluding hydrogens is 448 g/mol. The van der Waals surface area contributed by atoms with Gasteiger partial charge in [0, 0.05) is 17.1 Å². The maximum atomic E-state index is 12.5. The van der Waals surface area contributed by atoms with Gasteiger partial charge in [-0.15, -0.1) is 0 Å². The summed E-state index contributed by atoms with van der Waals surface area (Å²) in [6.45, 7) is 1.95. The Kier molecular flexibility index (Phi) is 6.15. The fraction of sp³-hybridized carbons (Fsp3) is 0.318. The molecule has 1 fully saturated rings. The van der Waals surface area contributed by atoms with Gasteiger partial charge in [-0.05, 0) is 61.4 Å². The number of halogens is 1. The number of hydrogen-bond acceptors (Lipinski definition) is 6. The smallest absolute Gasteiger partial charge is 0.238 e. The summed E-state index contributed by atoms with van der Waals surface area (Å²) >= 11 is 3.40. The minimum atomic E-state index is -0.391. The van der Waals surface area contributed by atoms with E-state index in [1.54, 1.807) is 6.92 Å². The molecule has 1 aromatic heterocycles. The van der Waals surface area contributed by atoms with Gasteiger partial charge >= 0.3 is 0 Å². The molecule has 8 heteroatoms. The fourth-order valence-corrected chi connectivity index (χ4v) is 3.92. The summed E-state index contributed by atoms with van der Waals surface area (Å²) in [5.41, 5.74) is 0.318. The van der Waals surface area contributed by atoms with E-state index in [0.717, 1.165) is 35.9 Å². The van der Waals surface area contributed by atoms with Gasteiger partial charge in [0.1, 0.15) is 11.5 Å². The fourth-order valence-electron chi connectivity index (χ4n) is 3.65. The average molecular weight is 471 g/mol. The highest BCUT2D eigenvalue weighted by atomic mass is 79.9. The second-order valence-corrected chi connectivity index (χ2v) is 8.32. The molecule has 30 heavy (non-hydrogen) atoms. The molecule has 156 valence electrons. The van der Waals surface area contributed by atoms with Crippen molar-refractivity contribution in [2.75, 3.05) is 11.9 Å². The molecule has 0 saturated heterocycles. The summed E-state index contributed by atoms with van der Waals surface area (Å²) in [5, 5.41) is 10.4. The van der Waals surface area contributed by atoms with Crippen molar-refractivity contribution >= 4 is 27.5 Å². The molecule has 1 aliphatic rings. The van der Waals surface area contributed by atoms with Crippen LogP contribution in [0.4, 0.5) is 5.69 Å². The lowest BCUT2D eigenvalue weighted by Gasteiger charge is -2.26. The first-order chi connectivity index (χ1) is 14.5. The van der Waals surface area contributed by atoms with E-state index in [0.29, 0.717) is 23.2 Å². The Hall–Kier alpha value is -2.71. The Labute approximate surface area is 183 Å². The number of rotatable bonds is 7. The van der Waals surface area contributed by atoms with Crippen molar-refractivity contribution < 1.29 is 14.1 Å². The highest BCUT2D eigenvalue weighted by Crippen LogP contribution is 2.37. The molecule has 0 atom stereocenters. The zero-order chi connectivity index (χ0) is 21.0. The number of hydrogen-bond donors (Lipinski definition) is 2. The van der Waals surface area contributed by atoms with Crippen LogP contribution in [0.1, 0.15) is 37.4 Å².